The van der Waals surface area contributed by atoms with Crippen molar-refractivity contribution in [1.29, 1.82) is 0 Å². The van der Waals surface area contributed by atoms with Gasteiger partial charge in [-0.15, -0.1) is 0 Å². The Morgan fingerprint density at radius 1 is 0.871 bits per heavy atom. The first kappa shape index (κ1) is 21.6. The van der Waals surface area contributed by atoms with E-state index in [2.05, 4.69) is 22.6 Å². The summed E-state index contributed by atoms with van der Waals surface area (Å²) < 4.78 is 18.9. The summed E-state index contributed by atoms with van der Waals surface area (Å²) in [6.45, 7) is 0.215. The molecule has 4 aromatic rings. The summed E-state index contributed by atoms with van der Waals surface area (Å²) in [4.78, 5) is 9.01. The Morgan fingerprint density at radius 2 is 1.58 bits per heavy atom. The van der Waals surface area contributed by atoms with Crippen molar-refractivity contribution in [3.05, 3.63) is 99.9 Å². The average molecular weight is 471 g/mol. The van der Waals surface area contributed by atoms with E-state index in [0.29, 0.717) is 21.5 Å². The van der Waals surface area contributed by atoms with Crippen LogP contribution in [0.3, 0.4) is 0 Å². The van der Waals surface area contributed by atoms with Gasteiger partial charge < -0.3 is 4.74 Å². The lowest BCUT2D eigenvalue weighted by Crippen LogP contribution is -2.02. The molecule has 4 rings (SSSR count). The molecule has 0 saturated carbocycles. The zero-order chi connectivity index (χ0) is 21.8. The topological polar surface area (TPSA) is 35.0 Å². The summed E-state index contributed by atoms with van der Waals surface area (Å²) in [7, 11) is 0. The molecule has 3 nitrogen and oxygen atoms in total. The van der Waals surface area contributed by atoms with Crippen molar-refractivity contribution >= 4 is 35.8 Å². The van der Waals surface area contributed by atoms with Gasteiger partial charge in [0.1, 0.15) is 12.4 Å². The molecule has 0 saturated heterocycles. The van der Waals surface area contributed by atoms with Gasteiger partial charge >= 0.3 is 6.01 Å². The fraction of sp³-hybridized carbons (Fsp3) is 0.0833. The normalized spacial score (nSPS) is 10.8. The third kappa shape index (κ3) is 5.18. The Bertz CT molecular complexity index is 1200. The minimum absolute atomic E-state index is 0.200. The number of rotatable bonds is 6. The van der Waals surface area contributed by atoms with Crippen LogP contribution < -0.4 is 4.74 Å². The van der Waals surface area contributed by atoms with Crippen molar-refractivity contribution < 1.29 is 9.13 Å². The predicted octanol–water partition coefficient (Wildman–Crippen LogP) is 7.27. The molecule has 0 radical (unpaired) electrons. The number of aromatic nitrogens is 2. The van der Waals surface area contributed by atoms with E-state index in [1.165, 1.54) is 12.1 Å². The van der Waals surface area contributed by atoms with Crippen molar-refractivity contribution in [2.24, 2.45) is 0 Å². The van der Waals surface area contributed by atoms with Gasteiger partial charge in [0.05, 0.1) is 10.7 Å². The van der Waals surface area contributed by atoms with Crippen LogP contribution in [0.25, 0.3) is 22.4 Å². The molecule has 1 aromatic heterocycles. The van der Waals surface area contributed by atoms with Gasteiger partial charge in [0.15, 0.2) is 0 Å². The van der Waals surface area contributed by atoms with Crippen LogP contribution in [0.5, 0.6) is 6.01 Å². The lowest BCUT2D eigenvalue weighted by atomic mass is 10.00. The van der Waals surface area contributed by atoms with Gasteiger partial charge in [0, 0.05) is 28.1 Å². The first-order valence-electron chi connectivity index (χ1n) is 9.43. The standard InChI is InChI=1S/C24H17Cl2FN2OS/c25-18-6-4-17(5-7-18)21-12-28-24(30-13-15-1-8-19(27)9-2-15)29-23(21)20-10-3-16(14-31)11-22(20)26/h1-12,31H,13-14H2. The molecule has 31 heavy (non-hydrogen) atoms. The van der Waals surface area contributed by atoms with Gasteiger partial charge in [-0.3, -0.25) is 0 Å². The van der Waals surface area contributed by atoms with Crippen LogP contribution in [0.1, 0.15) is 11.1 Å². The molecule has 0 bridgehead atoms. The average Bonchev–Trinajstić information content (AvgIpc) is 2.79. The van der Waals surface area contributed by atoms with Gasteiger partial charge in [-0.2, -0.15) is 17.6 Å². The van der Waals surface area contributed by atoms with Gasteiger partial charge in [0.25, 0.3) is 0 Å². The highest BCUT2D eigenvalue weighted by Gasteiger charge is 2.16. The number of benzene rings is 3. The molecular formula is C24H17Cl2FN2OS. The molecule has 0 aliphatic rings. The van der Waals surface area contributed by atoms with Gasteiger partial charge in [0.2, 0.25) is 0 Å². The molecule has 0 unspecified atom stereocenters. The summed E-state index contributed by atoms with van der Waals surface area (Å²) in [6.07, 6.45) is 1.70. The van der Waals surface area contributed by atoms with Crippen molar-refractivity contribution in [1.82, 2.24) is 9.97 Å². The van der Waals surface area contributed by atoms with Crippen LogP contribution in [0.4, 0.5) is 4.39 Å². The number of nitrogens with zero attached hydrogens (tertiary/aromatic N) is 2. The molecule has 0 amide bonds. The lowest BCUT2D eigenvalue weighted by Gasteiger charge is -2.13. The number of thiol groups is 1. The Hall–Kier alpha value is -2.60. The van der Waals surface area contributed by atoms with E-state index >= 15 is 0 Å². The molecule has 0 spiro atoms. The van der Waals surface area contributed by atoms with E-state index in [0.717, 1.165) is 27.8 Å². The van der Waals surface area contributed by atoms with E-state index in [-0.39, 0.29) is 18.4 Å². The summed E-state index contributed by atoms with van der Waals surface area (Å²) in [5.41, 5.74) is 4.91. The minimum atomic E-state index is -0.297. The maximum absolute atomic E-state index is 13.1. The number of hydrogen-bond acceptors (Lipinski definition) is 4. The van der Waals surface area contributed by atoms with Crippen LogP contribution in [0, 0.1) is 5.82 Å². The van der Waals surface area contributed by atoms with Crippen LogP contribution in [-0.4, -0.2) is 9.97 Å². The highest BCUT2D eigenvalue weighted by molar-refractivity contribution is 7.79. The molecule has 0 N–H and O–H groups in total. The zero-order valence-corrected chi connectivity index (χ0v) is 18.6. The summed E-state index contributed by atoms with van der Waals surface area (Å²) in [5.74, 6) is 0.286. The maximum atomic E-state index is 13.1. The number of ether oxygens (including phenoxy) is 1. The van der Waals surface area contributed by atoms with E-state index in [1.54, 1.807) is 18.3 Å². The van der Waals surface area contributed by atoms with Crippen molar-refractivity contribution in [3.8, 4) is 28.4 Å². The molecule has 0 atom stereocenters. The second-order valence-electron chi connectivity index (χ2n) is 6.81. The molecular weight excluding hydrogens is 454 g/mol. The Balaban J connectivity index is 1.73. The van der Waals surface area contributed by atoms with Crippen LogP contribution in [0.2, 0.25) is 10.0 Å². The molecule has 156 valence electrons. The first-order valence-corrected chi connectivity index (χ1v) is 10.8. The molecule has 7 heteroatoms. The molecule has 0 aliphatic heterocycles. The number of hydrogen-bond donors (Lipinski definition) is 1. The first-order chi connectivity index (χ1) is 15.0. The Labute approximate surface area is 195 Å². The van der Waals surface area contributed by atoms with E-state index in [1.807, 2.05) is 42.5 Å². The zero-order valence-electron chi connectivity index (χ0n) is 16.2. The quantitative estimate of drug-likeness (QED) is 0.301. The molecule has 0 aliphatic carbocycles. The summed E-state index contributed by atoms with van der Waals surface area (Å²) >= 11 is 16.9. The third-order valence-electron chi connectivity index (χ3n) is 4.67. The number of halogens is 3. The molecule has 3 aromatic carbocycles. The Morgan fingerprint density at radius 3 is 2.26 bits per heavy atom. The summed E-state index contributed by atoms with van der Waals surface area (Å²) in [6, 6.07) is 19.5. The highest BCUT2D eigenvalue weighted by atomic mass is 35.5. The second-order valence-corrected chi connectivity index (χ2v) is 7.97. The van der Waals surface area contributed by atoms with E-state index in [9.17, 15) is 4.39 Å². The SMILES string of the molecule is Fc1ccc(COc2ncc(-c3ccc(Cl)cc3)c(-c3ccc(CS)cc3Cl)n2)cc1. The van der Waals surface area contributed by atoms with Crippen LogP contribution >= 0.6 is 35.8 Å². The second kappa shape index (κ2) is 9.69. The maximum Gasteiger partial charge on any atom is 0.317 e. The largest absolute Gasteiger partial charge is 0.459 e. The van der Waals surface area contributed by atoms with Crippen molar-refractivity contribution in [2.75, 3.05) is 0 Å². The van der Waals surface area contributed by atoms with Gasteiger partial charge in [-0.05, 0) is 47.0 Å². The third-order valence-corrected chi connectivity index (χ3v) is 5.60. The Kier molecular flexibility index (Phi) is 6.76. The monoisotopic (exact) mass is 470 g/mol. The predicted molar refractivity (Wildman–Crippen MR) is 126 cm³/mol. The molecule has 1 heterocycles. The fourth-order valence-electron chi connectivity index (χ4n) is 3.06. The van der Waals surface area contributed by atoms with Crippen molar-refractivity contribution in [2.45, 2.75) is 12.4 Å². The highest BCUT2D eigenvalue weighted by Crippen LogP contribution is 2.36. The molecule has 0 fully saturated rings. The fourth-order valence-corrected chi connectivity index (χ4v) is 3.67. The van der Waals surface area contributed by atoms with E-state index < -0.39 is 0 Å². The van der Waals surface area contributed by atoms with Crippen LogP contribution in [0.15, 0.2) is 72.9 Å². The smallest absolute Gasteiger partial charge is 0.317 e. The van der Waals surface area contributed by atoms with Crippen LogP contribution in [-0.2, 0) is 12.4 Å². The van der Waals surface area contributed by atoms with Gasteiger partial charge in [-0.25, -0.2) is 9.37 Å². The van der Waals surface area contributed by atoms with Crippen molar-refractivity contribution in [3.63, 3.8) is 0 Å². The van der Waals surface area contributed by atoms with E-state index in [4.69, 9.17) is 27.9 Å². The van der Waals surface area contributed by atoms with Gasteiger partial charge in [-0.1, -0.05) is 59.6 Å². The summed E-state index contributed by atoms with van der Waals surface area (Å²) in [5, 5.41) is 1.20. The minimum Gasteiger partial charge on any atom is -0.459 e. The lowest BCUT2D eigenvalue weighted by molar-refractivity contribution is 0.281.